The van der Waals surface area contributed by atoms with Crippen molar-refractivity contribution in [3.05, 3.63) is 69.2 Å². The first-order valence-electron chi connectivity index (χ1n) is 5.65. The van der Waals surface area contributed by atoms with Gasteiger partial charge < -0.3 is 5.11 Å². The number of aliphatic hydroxyl groups is 1. The van der Waals surface area contributed by atoms with Crippen molar-refractivity contribution < 1.29 is 22.7 Å². The summed E-state index contributed by atoms with van der Waals surface area (Å²) in [5, 5.41) is 9.87. The number of benzene rings is 2. The van der Waals surface area contributed by atoms with Crippen molar-refractivity contribution in [1.82, 2.24) is 0 Å². The Kier molecular flexibility index (Phi) is 4.45. The summed E-state index contributed by atoms with van der Waals surface area (Å²) in [5.74, 6) is -4.94. The number of rotatable bonds is 3. The molecule has 6 heteroatoms. The van der Waals surface area contributed by atoms with Gasteiger partial charge in [0.05, 0.1) is 6.10 Å². The fraction of sp³-hybridized carbons (Fsp3) is 0.143. The molecule has 0 fully saturated rings. The molecule has 1 nitrogen and oxygen atoms in total. The first kappa shape index (κ1) is 15.0. The van der Waals surface area contributed by atoms with Gasteiger partial charge in [0.15, 0.2) is 17.5 Å². The Morgan fingerprint density at radius 1 is 0.950 bits per heavy atom. The zero-order valence-corrected chi connectivity index (χ0v) is 11.6. The van der Waals surface area contributed by atoms with E-state index in [0.717, 1.165) is 0 Å². The molecule has 0 saturated heterocycles. The summed E-state index contributed by atoms with van der Waals surface area (Å²) < 4.78 is 53.1. The van der Waals surface area contributed by atoms with Gasteiger partial charge in [0, 0.05) is 10.9 Å². The summed E-state index contributed by atoms with van der Waals surface area (Å²) in [6.07, 6.45) is -1.51. The lowest BCUT2D eigenvalue weighted by atomic mass is 10.0. The molecule has 0 radical (unpaired) electrons. The molecule has 0 aliphatic heterocycles. The third-order valence-corrected chi connectivity index (χ3v) is 3.31. The van der Waals surface area contributed by atoms with Gasteiger partial charge in [-0.15, -0.1) is 0 Å². The summed E-state index contributed by atoms with van der Waals surface area (Å²) in [6.45, 7) is 0. The van der Waals surface area contributed by atoms with Crippen molar-refractivity contribution in [2.45, 2.75) is 12.5 Å². The average molecular weight is 349 g/mol. The van der Waals surface area contributed by atoms with E-state index in [0.29, 0.717) is 16.6 Å². The fourth-order valence-corrected chi connectivity index (χ4v) is 2.11. The molecule has 0 heterocycles. The van der Waals surface area contributed by atoms with Crippen molar-refractivity contribution in [3.63, 3.8) is 0 Å². The van der Waals surface area contributed by atoms with Gasteiger partial charge in [-0.3, -0.25) is 0 Å². The van der Waals surface area contributed by atoms with E-state index in [-0.39, 0.29) is 17.5 Å². The lowest BCUT2D eigenvalue weighted by Crippen LogP contribution is -2.06. The minimum Gasteiger partial charge on any atom is -0.388 e. The van der Waals surface area contributed by atoms with Crippen LogP contribution in [0.5, 0.6) is 0 Å². The van der Waals surface area contributed by atoms with Crippen LogP contribution in [0.3, 0.4) is 0 Å². The minimum atomic E-state index is -1.60. The third kappa shape index (κ3) is 3.19. The molecule has 0 bridgehead atoms. The maximum absolute atomic E-state index is 13.6. The maximum Gasteiger partial charge on any atom is 0.194 e. The van der Waals surface area contributed by atoms with Gasteiger partial charge >= 0.3 is 0 Å². The topological polar surface area (TPSA) is 20.2 Å². The number of halogens is 5. The fourth-order valence-electron chi connectivity index (χ4n) is 1.78. The molecule has 1 atom stereocenters. The second kappa shape index (κ2) is 5.93. The van der Waals surface area contributed by atoms with E-state index >= 15 is 0 Å². The molecule has 106 valence electrons. The van der Waals surface area contributed by atoms with E-state index in [4.69, 9.17) is 0 Å². The molecular weight excluding hydrogens is 340 g/mol. The van der Waals surface area contributed by atoms with Crippen LogP contribution in [0.25, 0.3) is 0 Å². The summed E-state index contributed by atoms with van der Waals surface area (Å²) in [6, 6.07) is 5.63. The quantitative estimate of drug-likeness (QED) is 0.648. The van der Waals surface area contributed by atoms with Gasteiger partial charge in [0.1, 0.15) is 5.82 Å². The average Bonchev–Trinajstić information content (AvgIpc) is 2.38. The molecule has 0 aliphatic rings. The van der Waals surface area contributed by atoms with E-state index in [2.05, 4.69) is 15.9 Å². The zero-order valence-electron chi connectivity index (χ0n) is 10.0. The molecular formula is C14H9BrF4O. The molecule has 1 N–H and O–H groups in total. The second-order valence-corrected chi connectivity index (χ2v) is 5.17. The van der Waals surface area contributed by atoms with Crippen LogP contribution >= 0.6 is 15.9 Å². The molecule has 0 aromatic heterocycles. The van der Waals surface area contributed by atoms with Crippen molar-refractivity contribution in [2.24, 2.45) is 0 Å². The first-order valence-corrected chi connectivity index (χ1v) is 6.44. The van der Waals surface area contributed by atoms with Crippen LogP contribution in [-0.2, 0) is 6.42 Å². The standard InChI is InChI=1S/C14H9BrF4O/c15-9-2-1-7(10(16)6-9)5-13(20)8-3-11(17)14(19)12(18)4-8/h1-4,6,13,20H,5H2. The van der Waals surface area contributed by atoms with Crippen LogP contribution < -0.4 is 0 Å². The predicted octanol–water partition coefficient (Wildman–Crippen LogP) is 4.28. The summed E-state index contributed by atoms with van der Waals surface area (Å²) in [4.78, 5) is 0. The maximum atomic E-state index is 13.6. The number of hydrogen-bond acceptors (Lipinski definition) is 1. The Balaban J connectivity index is 2.26. The predicted molar refractivity (Wildman–Crippen MR) is 69.1 cm³/mol. The van der Waals surface area contributed by atoms with Gasteiger partial charge in [-0.1, -0.05) is 22.0 Å². The SMILES string of the molecule is OC(Cc1ccc(Br)cc1F)c1cc(F)c(F)c(F)c1. The molecule has 0 amide bonds. The van der Waals surface area contributed by atoms with Gasteiger partial charge in [0.2, 0.25) is 0 Å². The van der Waals surface area contributed by atoms with E-state index in [1.165, 1.54) is 12.1 Å². The van der Waals surface area contributed by atoms with E-state index in [9.17, 15) is 22.7 Å². The van der Waals surface area contributed by atoms with Gasteiger partial charge in [-0.05, 0) is 35.4 Å². The molecule has 0 spiro atoms. The normalized spacial score (nSPS) is 12.5. The molecule has 0 aliphatic carbocycles. The van der Waals surface area contributed by atoms with E-state index in [1.807, 2.05) is 0 Å². The van der Waals surface area contributed by atoms with Crippen molar-refractivity contribution in [3.8, 4) is 0 Å². The van der Waals surface area contributed by atoms with Crippen LogP contribution in [0.15, 0.2) is 34.8 Å². The zero-order chi connectivity index (χ0) is 14.9. The van der Waals surface area contributed by atoms with Crippen molar-refractivity contribution in [2.75, 3.05) is 0 Å². The number of hydrogen-bond donors (Lipinski definition) is 1. The van der Waals surface area contributed by atoms with Crippen molar-refractivity contribution >= 4 is 15.9 Å². The van der Waals surface area contributed by atoms with Crippen LogP contribution in [0.4, 0.5) is 17.6 Å². The highest BCUT2D eigenvalue weighted by Gasteiger charge is 2.17. The second-order valence-electron chi connectivity index (χ2n) is 4.25. The van der Waals surface area contributed by atoms with E-state index in [1.54, 1.807) is 6.07 Å². The monoisotopic (exact) mass is 348 g/mol. The summed E-state index contributed by atoms with van der Waals surface area (Å²) in [7, 11) is 0. The van der Waals surface area contributed by atoms with Gasteiger partial charge in [-0.25, -0.2) is 17.6 Å². The first-order chi connectivity index (χ1) is 9.38. The molecule has 20 heavy (non-hydrogen) atoms. The molecule has 0 saturated carbocycles. The van der Waals surface area contributed by atoms with Crippen LogP contribution in [0.1, 0.15) is 17.2 Å². The minimum absolute atomic E-state index is 0.149. The highest BCUT2D eigenvalue weighted by atomic mass is 79.9. The Morgan fingerprint density at radius 3 is 2.10 bits per heavy atom. The Hall–Kier alpha value is -1.40. The molecule has 2 rings (SSSR count). The molecule has 2 aromatic rings. The van der Waals surface area contributed by atoms with Gasteiger partial charge in [-0.2, -0.15) is 0 Å². The van der Waals surface area contributed by atoms with Crippen LogP contribution in [0.2, 0.25) is 0 Å². The van der Waals surface area contributed by atoms with E-state index < -0.39 is 29.4 Å². The highest BCUT2D eigenvalue weighted by molar-refractivity contribution is 9.10. The van der Waals surface area contributed by atoms with Crippen molar-refractivity contribution in [1.29, 1.82) is 0 Å². The Morgan fingerprint density at radius 2 is 1.55 bits per heavy atom. The summed E-state index contributed by atoms with van der Waals surface area (Å²) >= 11 is 3.09. The van der Waals surface area contributed by atoms with Gasteiger partial charge in [0.25, 0.3) is 0 Å². The molecule has 1 unspecified atom stereocenters. The summed E-state index contributed by atoms with van der Waals surface area (Å²) in [5.41, 5.74) is 0.0366. The largest absolute Gasteiger partial charge is 0.388 e. The Bertz CT molecular complexity index is 622. The third-order valence-electron chi connectivity index (χ3n) is 2.82. The Labute approximate surface area is 121 Å². The molecule has 2 aromatic carbocycles. The highest BCUT2D eigenvalue weighted by Crippen LogP contribution is 2.24. The van der Waals surface area contributed by atoms with Crippen LogP contribution in [-0.4, -0.2) is 5.11 Å². The lowest BCUT2D eigenvalue weighted by Gasteiger charge is -2.12. The lowest BCUT2D eigenvalue weighted by molar-refractivity contribution is 0.175. The smallest absolute Gasteiger partial charge is 0.194 e. The van der Waals surface area contributed by atoms with Crippen LogP contribution in [0, 0.1) is 23.3 Å². The number of aliphatic hydroxyl groups excluding tert-OH is 1.